The summed E-state index contributed by atoms with van der Waals surface area (Å²) in [6.07, 6.45) is 16.4. The van der Waals surface area contributed by atoms with E-state index in [-0.39, 0.29) is 17.6 Å². The third-order valence-electron chi connectivity index (χ3n) is 11.6. The smallest absolute Gasteiger partial charge is 0.407 e. The molecular weight excluding hydrogens is 524 g/mol. The first-order valence-corrected chi connectivity index (χ1v) is 17.3. The summed E-state index contributed by atoms with van der Waals surface area (Å²) in [7, 11) is 0. The van der Waals surface area contributed by atoms with E-state index in [9.17, 15) is 9.59 Å². The molecule has 0 bridgehead atoms. The standard InChI is InChI=1S/C36H62N2O4/c1-24(2)12-9-13-25(3)28-23-26-22-27(41-32(39)37-20-11-21-38-33(40)42-34(4,5)6)15-19-36(26,8)30-16-18-35(7)17-10-14-29(35)31(28)30/h23-25,27-31H,9-22H2,1-8H3,(H,37,39)(H,38,40)/t25-,27+,28?,29+,30+,31+,35-,36+/m1/s1. The van der Waals surface area contributed by atoms with Crippen molar-refractivity contribution in [2.45, 2.75) is 144 Å². The number of hydrogen-bond acceptors (Lipinski definition) is 4. The van der Waals surface area contributed by atoms with Gasteiger partial charge in [-0.05, 0) is 112 Å². The molecule has 4 aliphatic carbocycles. The van der Waals surface area contributed by atoms with Gasteiger partial charge in [-0.1, -0.05) is 72.0 Å². The molecule has 0 aliphatic heterocycles. The molecule has 0 saturated heterocycles. The normalized spacial score (nSPS) is 34.9. The van der Waals surface area contributed by atoms with Crippen LogP contribution >= 0.6 is 0 Å². The lowest BCUT2D eigenvalue weighted by molar-refractivity contribution is -0.0679. The fraction of sp³-hybridized carbons (Fsp3) is 0.889. The van der Waals surface area contributed by atoms with Crippen LogP contribution in [-0.4, -0.2) is 37.0 Å². The maximum atomic E-state index is 12.7. The molecule has 2 N–H and O–H groups in total. The zero-order valence-electron chi connectivity index (χ0n) is 28.2. The van der Waals surface area contributed by atoms with Crippen LogP contribution in [0.2, 0.25) is 0 Å². The Kier molecular flexibility index (Phi) is 10.7. The molecule has 6 nitrogen and oxygen atoms in total. The molecule has 0 heterocycles. The van der Waals surface area contributed by atoms with Crippen molar-refractivity contribution in [2.75, 3.05) is 13.1 Å². The van der Waals surface area contributed by atoms with Crippen LogP contribution in [0.3, 0.4) is 0 Å². The maximum absolute atomic E-state index is 12.7. The van der Waals surface area contributed by atoms with Gasteiger partial charge in [-0.2, -0.15) is 0 Å². The summed E-state index contributed by atoms with van der Waals surface area (Å²) in [6.45, 7) is 18.8. The SMILES string of the molecule is CC(C)CCC[C@@H](C)C1C=C2C[C@@H](OC(=O)NCCCNC(=O)OC(C)(C)C)CC[C@]2(C)[C@H]2CC[C@@]3(C)CCC[C@H]3[C@H]12. The molecule has 0 aromatic rings. The monoisotopic (exact) mass is 586 g/mol. The van der Waals surface area contributed by atoms with E-state index in [0.717, 1.165) is 42.9 Å². The Labute approximate surface area is 256 Å². The fourth-order valence-corrected chi connectivity index (χ4v) is 9.35. The predicted molar refractivity (Wildman–Crippen MR) is 170 cm³/mol. The highest BCUT2D eigenvalue weighted by atomic mass is 16.6. The van der Waals surface area contributed by atoms with Gasteiger partial charge in [0.1, 0.15) is 11.7 Å². The Hall–Kier alpha value is -1.72. The predicted octanol–water partition coefficient (Wildman–Crippen LogP) is 9.04. The zero-order valence-corrected chi connectivity index (χ0v) is 28.2. The van der Waals surface area contributed by atoms with Crippen molar-refractivity contribution in [3.05, 3.63) is 11.6 Å². The van der Waals surface area contributed by atoms with E-state index in [1.807, 2.05) is 20.8 Å². The third-order valence-corrected chi connectivity index (χ3v) is 11.6. The Morgan fingerprint density at radius 1 is 0.929 bits per heavy atom. The molecule has 0 spiro atoms. The number of carbonyl (C=O) groups is 2. The van der Waals surface area contributed by atoms with E-state index in [4.69, 9.17) is 9.47 Å². The van der Waals surface area contributed by atoms with Crippen molar-refractivity contribution in [1.82, 2.24) is 10.6 Å². The fourth-order valence-electron chi connectivity index (χ4n) is 9.35. The van der Waals surface area contributed by atoms with Gasteiger partial charge in [-0.15, -0.1) is 0 Å². The molecule has 0 aromatic heterocycles. The highest BCUT2D eigenvalue weighted by Gasteiger charge is 2.58. The van der Waals surface area contributed by atoms with Crippen LogP contribution in [0, 0.1) is 46.3 Å². The van der Waals surface area contributed by atoms with Crippen molar-refractivity contribution < 1.29 is 19.1 Å². The molecule has 42 heavy (non-hydrogen) atoms. The third kappa shape index (κ3) is 7.86. The Balaban J connectivity index is 1.37. The molecule has 6 heteroatoms. The van der Waals surface area contributed by atoms with Gasteiger partial charge >= 0.3 is 12.2 Å². The lowest BCUT2D eigenvalue weighted by Crippen LogP contribution is -2.53. The number of alkyl carbamates (subject to hydrolysis) is 2. The first kappa shape index (κ1) is 33.2. The van der Waals surface area contributed by atoms with E-state index < -0.39 is 11.7 Å². The molecule has 240 valence electrons. The van der Waals surface area contributed by atoms with E-state index in [2.05, 4.69) is 51.3 Å². The van der Waals surface area contributed by atoms with Gasteiger partial charge in [0.25, 0.3) is 0 Å². The van der Waals surface area contributed by atoms with Gasteiger partial charge in [0.05, 0.1) is 0 Å². The molecule has 1 unspecified atom stereocenters. The van der Waals surface area contributed by atoms with E-state index in [1.54, 1.807) is 5.57 Å². The molecular formula is C36H62N2O4. The van der Waals surface area contributed by atoms with E-state index >= 15 is 0 Å². The molecule has 4 aliphatic rings. The van der Waals surface area contributed by atoms with Crippen LogP contribution in [-0.2, 0) is 9.47 Å². The average molecular weight is 587 g/mol. The number of amides is 2. The summed E-state index contributed by atoms with van der Waals surface area (Å²) >= 11 is 0. The highest BCUT2D eigenvalue weighted by Crippen LogP contribution is 2.67. The summed E-state index contributed by atoms with van der Waals surface area (Å²) in [4.78, 5) is 24.5. The first-order chi connectivity index (χ1) is 19.7. The topological polar surface area (TPSA) is 76.7 Å². The van der Waals surface area contributed by atoms with Gasteiger partial charge < -0.3 is 20.1 Å². The average Bonchev–Trinajstić information content (AvgIpc) is 3.29. The minimum Gasteiger partial charge on any atom is -0.446 e. The van der Waals surface area contributed by atoms with Gasteiger partial charge in [0, 0.05) is 19.5 Å². The van der Waals surface area contributed by atoms with Crippen LogP contribution in [0.15, 0.2) is 11.6 Å². The van der Waals surface area contributed by atoms with E-state index in [0.29, 0.717) is 36.8 Å². The molecule has 4 rings (SSSR count). The summed E-state index contributed by atoms with van der Waals surface area (Å²) < 4.78 is 11.2. The van der Waals surface area contributed by atoms with Crippen molar-refractivity contribution in [1.29, 1.82) is 0 Å². The summed E-state index contributed by atoms with van der Waals surface area (Å²) in [5, 5.41) is 5.63. The van der Waals surface area contributed by atoms with Crippen LogP contribution in [0.5, 0.6) is 0 Å². The first-order valence-electron chi connectivity index (χ1n) is 17.3. The summed E-state index contributed by atoms with van der Waals surface area (Å²) in [5.41, 5.74) is 1.85. The number of nitrogens with one attached hydrogen (secondary N) is 2. The van der Waals surface area contributed by atoms with Crippen LogP contribution < -0.4 is 10.6 Å². The largest absolute Gasteiger partial charge is 0.446 e. The summed E-state index contributed by atoms with van der Waals surface area (Å²) in [6, 6.07) is 0. The van der Waals surface area contributed by atoms with Crippen molar-refractivity contribution >= 4 is 12.2 Å². The minimum absolute atomic E-state index is 0.0574. The number of rotatable bonds is 10. The van der Waals surface area contributed by atoms with Gasteiger partial charge in [-0.25, -0.2) is 9.59 Å². The number of ether oxygens (including phenoxy) is 2. The number of fused-ring (bicyclic) bond motifs is 5. The zero-order chi connectivity index (χ0) is 30.7. The van der Waals surface area contributed by atoms with Crippen LogP contribution in [0.1, 0.15) is 132 Å². The second kappa shape index (κ2) is 13.5. The van der Waals surface area contributed by atoms with E-state index in [1.165, 1.54) is 51.4 Å². The molecule has 2 amide bonds. The summed E-state index contributed by atoms with van der Waals surface area (Å²) in [5.74, 6) is 4.57. The van der Waals surface area contributed by atoms with Crippen molar-refractivity contribution in [3.63, 3.8) is 0 Å². The second-order valence-electron chi connectivity index (χ2n) is 16.3. The molecule has 0 radical (unpaired) electrons. The lowest BCUT2D eigenvalue weighted by Gasteiger charge is -2.60. The maximum Gasteiger partial charge on any atom is 0.407 e. The quantitative estimate of drug-likeness (QED) is 0.198. The van der Waals surface area contributed by atoms with Gasteiger partial charge in [-0.3, -0.25) is 0 Å². The minimum atomic E-state index is -0.517. The molecule has 8 atom stereocenters. The second-order valence-corrected chi connectivity index (χ2v) is 16.3. The van der Waals surface area contributed by atoms with Gasteiger partial charge in [0.2, 0.25) is 0 Å². The van der Waals surface area contributed by atoms with Crippen LogP contribution in [0.4, 0.5) is 9.59 Å². The van der Waals surface area contributed by atoms with Crippen molar-refractivity contribution in [2.24, 2.45) is 46.3 Å². The molecule has 3 saturated carbocycles. The number of allylic oxidation sites excluding steroid dienone is 1. The van der Waals surface area contributed by atoms with Crippen molar-refractivity contribution in [3.8, 4) is 0 Å². The molecule has 3 fully saturated rings. The Morgan fingerprint density at radius 2 is 1.64 bits per heavy atom. The number of carbonyl (C=O) groups excluding carboxylic acids is 2. The Morgan fingerprint density at radius 3 is 2.33 bits per heavy atom. The van der Waals surface area contributed by atoms with Gasteiger partial charge in [0.15, 0.2) is 0 Å². The number of hydrogen-bond donors (Lipinski definition) is 2. The lowest BCUT2D eigenvalue weighted by atomic mass is 9.45. The molecule has 0 aromatic carbocycles. The van der Waals surface area contributed by atoms with Crippen LogP contribution in [0.25, 0.3) is 0 Å². The Bertz CT molecular complexity index is 970. The highest BCUT2D eigenvalue weighted by molar-refractivity contribution is 5.68.